The van der Waals surface area contributed by atoms with Gasteiger partial charge in [-0.25, -0.2) is 4.68 Å². The number of hydrogen-bond acceptors (Lipinski definition) is 3. The van der Waals surface area contributed by atoms with Gasteiger partial charge in [-0.3, -0.25) is 9.59 Å². The quantitative estimate of drug-likeness (QED) is 0.906. The van der Waals surface area contributed by atoms with E-state index < -0.39 is 6.04 Å². The summed E-state index contributed by atoms with van der Waals surface area (Å²) in [4.78, 5) is 24.7. The van der Waals surface area contributed by atoms with Gasteiger partial charge in [0.2, 0.25) is 11.8 Å². The molecule has 0 bridgehead atoms. The summed E-state index contributed by atoms with van der Waals surface area (Å²) in [6.45, 7) is 3.51. The lowest BCUT2D eigenvalue weighted by Gasteiger charge is -2.21. The Hall–Kier alpha value is -2.63. The van der Waals surface area contributed by atoms with Gasteiger partial charge in [-0.1, -0.05) is 18.2 Å². The summed E-state index contributed by atoms with van der Waals surface area (Å²) in [5.74, 6) is -0.353. The predicted octanol–water partition coefficient (Wildman–Crippen LogP) is 1.36. The molecule has 0 saturated carbocycles. The molecule has 1 heterocycles. The molecule has 0 radical (unpaired) electrons. The summed E-state index contributed by atoms with van der Waals surface area (Å²) in [6.07, 6.45) is 3.63. The van der Waals surface area contributed by atoms with Crippen LogP contribution in [0, 0.1) is 0 Å². The van der Waals surface area contributed by atoms with Crippen LogP contribution in [0.2, 0.25) is 0 Å². The van der Waals surface area contributed by atoms with E-state index in [2.05, 4.69) is 10.4 Å². The molecule has 22 heavy (non-hydrogen) atoms. The van der Waals surface area contributed by atoms with Gasteiger partial charge in [0, 0.05) is 32.3 Å². The van der Waals surface area contributed by atoms with Gasteiger partial charge in [-0.05, 0) is 19.1 Å². The zero-order chi connectivity index (χ0) is 16.1. The number of para-hydroxylation sites is 1. The lowest BCUT2D eigenvalue weighted by Crippen LogP contribution is -2.44. The van der Waals surface area contributed by atoms with Crippen LogP contribution in [-0.2, 0) is 16.1 Å². The first-order valence-corrected chi connectivity index (χ1v) is 7.08. The second kappa shape index (κ2) is 6.89. The molecule has 0 spiro atoms. The third kappa shape index (κ3) is 3.94. The Morgan fingerprint density at radius 3 is 2.64 bits per heavy atom. The molecule has 0 aliphatic rings. The fourth-order valence-corrected chi connectivity index (χ4v) is 2.21. The number of rotatable bonds is 5. The van der Waals surface area contributed by atoms with Crippen molar-refractivity contribution >= 4 is 11.8 Å². The average molecular weight is 300 g/mol. The summed E-state index contributed by atoms with van der Waals surface area (Å²) < 4.78 is 1.77. The van der Waals surface area contributed by atoms with Gasteiger partial charge < -0.3 is 10.2 Å². The van der Waals surface area contributed by atoms with Gasteiger partial charge in [-0.2, -0.15) is 5.10 Å². The largest absolute Gasteiger partial charge is 0.345 e. The number of likely N-dealkylation sites (N-methyl/N-ethyl adjacent to an activating group) is 1. The minimum atomic E-state index is -0.535. The van der Waals surface area contributed by atoms with Crippen LogP contribution in [0.3, 0.4) is 0 Å². The molecule has 1 N–H and O–H groups in total. The summed E-state index contributed by atoms with van der Waals surface area (Å²) in [5, 5.41) is 6.89. The van der Waals surface area contributed by atoms with E-state index in [-0.39, 0.29) is 11.8 Å². The number of amides is 2. The van der Waals surface area contributed by atoms with Crippen LogP contribution in [0.4, 0.5) is 0 Å². The van der Waals surface area contributed by atoms with Crippen molar-refractivity contribution in [1.29, 1.82) is 0 Å². The summed E-state index contributed by atoms with van der Waals surface area (Å²) in [6, 6.07) is 9.23. The number of nitrogens with zero attached hydrogens (tertiary/aromatic N) is 3. The molecule has 116 valence electrons. The third-order valence-corrected chi connectivity index (χ3v) is 3.24. The Balaban J connectivity index is 2.01. The maximum atomic E-state index is 12.1. The normalized spacial score (nSPS) is 11.8. The number of nitrogens with one attached hydrogen (secondary N) is 1. The molecule has 2 rings (SSSR count). The molecule has 0 aliphatic carbocycles. The Labute approximate surface area is 129 Å². The second-order valence-corrected chi connectivity index (χ2v) is 5.25. The van der Waals surface area contributed by atoms with Crippen molar-refractivity contribution in [2.75, 3.05) is 7.05 Å². The topological polar surface area (TPSA) is 67.2 Å². The Morgan fingerprint density at radius 2 is 2.00 bits per heavy atom. The summed E-state index contributed by atoms with van der Waals surface area (Å²) in [5.41, 5.74) is 1.89. The lowest BCUT2D eigenvalue weighted by molar-refractivity contribution is -0.134. The van der Waals surface area contributed by atoms with Gasteiger partial charge in [-0.15, -0.1) is 0 Å². The van der Waals surface area contributed by atoms with Crippen LogP contribution in [-0.4, -0.2) is 39.6 Å². The highest BCUT2D eigenvalue weighted by molar-refractivity contribution is 5.86. The minimum absolute atomic E-state index is 0.136. The highest BCUT2D eigenvalue weighted by Crippen LogP contribution is 2.09. The molecule has 0 saturated heterocycles. The van der Waals surface area contributed by atoms with Crippen LogP contribution in [0.25, 0.3) is 5.69 Å². The standard InChI is InChI=1S/C16H20N4O2/c1-12(18-13(2)21)16(22)19(3)10-14-9-17-20(11-14)15-7-5-4-6-8-15/h4-9,11-12H,10H2,1-3H3,(H,18,21). The van der Waals surface area contributed by atoms with Crippen LogP contribution in [0.15, 0.2) is 42.7 Å². The van der Waals surface area contributed by atoms with E-state index in [1.165, 1.54) is 6.92 Å². The molecular formula is C16H20N4O2. The fourth-order valence-electron chi connectivity index (χ4n) is 2.21. The summed E-state index contributed by atoms with van der Waals surface area (Å²) in [7, 11) is 1.71. The number of carbonyl (C=O) groups is 2. The third-order valence-electron chi connectivity index (χ3n) is 3.24. The van der Waals surface area contributed by atoms with Crippen molar-refractivity contribution < 1.29 is 9.59 Å². The van der Waals surface area contributed by atoms with Gasteiger partial charge in [0.1, 0.15) is 6.04 Å². The minimum Gasteiger partial charge on any atom is -0.345 e. The molecule has 0 aliphatic heterocycles. The zero-order valence-corrected chi connectivity index (χ0v) is 13.0. The van der Waals surface area contributed by atoms with Gasteiger partial charge in [0.25, 0.3) is 0 Å². The number of benzene rings is 1. The van der Waals surface area contributed by atoms with E-state index in [9.17, 15) is 9.59 Å². The fraction of sp³-hybridized carbons (Fsp3) is 0.312. The predicted molar refractivity (Wildman–Crippen MR) is 83.3 cm³/mol. The van der Waals surface area contributed by atoms with Crippen LogP contribution in [0.1, 0.15) is 19.4 Å². The molecule has 1 atom stereocenters. The van der Waals surface area contributed by atoms with Crippen molar-refractivity contribution in [3.63, 3.8) is 0 Å². The molecule has 1 unspecified atom stereocenters. The molecule has 1 aromatic heterocycles. The highest BCUT2D eigenvalue weighted by atomic mass is 16.2. The van der Waals surface area contributed by atoms with Gasteiger partial charge in [0.15, 0.2) is 0 Å². The SMILES string of the molecule is CC(=O)NC(C)C(=O)N(C)Cc1cnn(-c2ccccc2)c1. The van der Waals surface area contributed by atoms with Crippen LogP contribution in [0.5, 0.6) is 0 Å². The molecule has 0 fully saturated rings. The van der Waals surface area contributed by atoms with Gasteiger partial charge >= 0.3 is 0 Å². The van der Waals surface area contributed by atoms with Crippen molar-refractivity contribution in [1.82, 2.24) is 20.0 Å². The van der Waals surface area contributed by atoms with E-state index in [0.717, 1.165) is 11.3 Å². The molecule has 6 heteroatoms. The average Bonchev–Trinajstić information content (AvgIpc) is 2.95. The van der Waals surface area contributed by atoms with Crippen LogP contribution < -0.4 is 5.32 Å². The molecule has 2 aromatic rings. The number of hydrogen-bond donors (Lipinski definition) is 1. The number of carbonyl (C=O) groups excluding carboxylic acids is 2. The first kappa shape index (κ1) is 15.8. The van der Waals surface area contributed by atoms with Crippen molar-refractivity contribution in [2.45, 2.75) is 26.4 Å². The van der Waals surface area contributed by atoms with E-state index in [0.29, 0.717) is 6.54 Å². The Bertz CT molecular complexity index is 651. The smallest absolute Gasteiger partial charge is 0.244 e. The second-order valence-electron chi connectivity index (χ2n) is 5.25. The van der Waals surface area contributed by atoms with Crippen LogP contribution >= 0.6 is 0 Å². The van der Waals surface area contributed by atoms with E-state index >= 15 is 0 Å². The molecule has 1 aromatic carbocycles. The Morgan fingerprint density at radius 1 is 1.32 bits per heavy atom. The van der Waals surface area contributed by atoms with Crippen molar-refractivity contribution in [3.8, 4) is 5.69 Å². The first-order chi connectivity index (χ1) is 10.5. The van der Waals surface area contributed by atoms with Gasteiger partial charge in [0.05, 0.1) is 11.9 Å². The van der Waals surface area contributed by atoms with E-state index in [1.807, 2.05) is 36.5 Å². The first-order valence-electron chi connectivity index (χ1n) is 7.08. The maximum Gasteiger partial charge on any atom is 0.244 e. The summed E-state index contributed by atoms with van der Waals surface area (Å²) >= 11 is 0. The van der Waals surface area contributed by atoms with Crippen molar-refractivity contribution in [2.24, 2.45) is 0 Å². The Kier molecular flexibility index (Phi) is 4.93. The maximum absolute atomic E-state index is 12.1. The number of aromatic nitrogens is 2. The zero-order valence-electron chi connectivity index (χ0n) is 13.0. The lowest BCUT2D eigenvalue weighted by atomic mass is 10.2. The molecule has 6 nitrogen and oxygen atoms in total. The molecular weight excluding hydrogens is 280 g/mol. The molecule has 2 amide bonds. The monoisotopic (exact) mass is 300 g/mol. The van der Waals surface area contributed by atoms with Crippen molar-refractivity contribution in [3.05, 3.63) is 48.3 Å². The van der Waals surface area contributed by atoms with E-state index in [1.54, 1.807) is 29.7 Å². The highest BCUT2D eigenvalue weighted by Gasteiger charge is 2.18. The van der Waals surface area contributed by atoms with E-state index in [4.69, 9.17) is 0 Å².